The van der Waals surface area contributed by atoms with Crippen LogP contribution in [0.15, 0.2) is 29.3 Å². The summed E-state index contributed by atoms with van der Waals surface area (Å²) < 4.78 is 23.3. The van der Waals surface area contributed by atoms with E-state index in [0.717, 1.165) is 44.9 Å². The summed E-state index contributed by atoms with van der Waals surface area (Å²) in [5, 5.41) is 3.30. The van der Waals surface area contributed by atoms with Gasteiger partial charge in [-0.15, -0.1) is 0 Å². The van der Waals surface area contributed by atoms with Crippen LogP contribution >= 0.6 is 0 Å². The van der Waals surface area contributed by atoms with E-state index in [4.69, 9.17) is 9.47 Å². The van der Waals surface area contributed by atoms with Crippen molar-refractivity contribution in [1.82, 2.24) is 10.2 Å². The summed E-state index contributed by atoms with van der Waals surface area (Å²) in [4.78, 5) is 18.5. The van der Waals surface area contributed by atoms with Crippen LogP contribution in [-0.2, 0) is 9.53 Å². The van der Waals surface area contributed by atoms with Crippen LogP contribution < -0.4 is 10.1 Å². The van der Waals surface area contributed by atoms with Crippen LogP contribution in [0.25, 0.3) is 0 Å². The average Bonchev–Trinajstić information content (AvgIpc) is 2.68. The van der Waals surface area contributed by atoms with Gasteiger partial charge in [-0.05, 0) is 44.0 Å². The highest BCUT2D eigenvalue weighted by molar-refractivity contribution is 5.80. The predicted octanol–water partition coefficient (Wildman–Crippen LogP) is 2.45. The van der Waals surface area contributed by atoms with E-state index in [1.165, 1.54) is 19.2 Å². The Balaban J connectivity index is 1.75. The topological polar surface area (TPSA) is 63.2 Å². The molecule has 1 aliphatic heterocycles. The normalized spacial score (nSPS) is 15.7. The molecule has 0 spiro atoms. The Morgan fingerprint density at radius 3 is 2.62 bits per heavy atom. The summed E-state index contributed by atoms with van der Waals surface area (Å²) >= 11 is 0. The second-order valence-corrected chi connectivity index (χ2v) is 6.18. The molecule has 2 rings (SSSR count). The number of hydrogen-bond donors (Lipinski definition) is 1. The minimum absolute atomic E-state index is 0.0109. The number of halogens is 1. The Kier molecular flexibility index (Phi) is 8.18. The third kappa shape index (κ3) is 6.20. The fourth-order valence-electron chi connectivity index (χ4n) is 2.89. The molecule has 1 aliphatic rings. The minimum Gasteiger partial charge on any atom is -0.494 e. The highest BCUT2D eigenvalue weighted by Gasteiger charge is 2.26. The van der Waals surface area contributed by atoms with E-state index in [9.17, 15) is 9.18 Å². The molecule has 144 valence electrons. The second-order valence-electron chi connectivity index (χ2n) is 6.18. The van der Waals surface area contributed by atoms with Crippen molar-refractivity contribution in [3.63, 3.8) is 0 Å². The van der Waals surface area contributed by atoms with Crippen molar-refractivity contribution in [2.45, 2.75) is 26.2 Å². The van der Waals surface area contributed by atoms with Gasteiger partial charge in [0.25, 0.3) is 0 Å². The van der Waals surface area contributed by atoms with Crippen molar-refractivity contribution in [1.29, 1.82) is 0 Å². The Labute approximate surface area is 154 Å². The molecule has 0 unspecified atom stereocenters. The zero-order valence-corrected chi connectivity index (χ0v) is 15.5. The largest absolute Gasteiger partial charge is 0.494 e. The van der Waals surface area contributed by atoms with Crippen molar-refractivity contribution in [2.75, 3.05) is 39.9 Å². The molecule has 26 heavy (non-hydrogen) atoms. The number of nitrogens with zero attached hydrogens (tertiary/aromatic N) is 2. The number of carbonyl (C=O) groups is 1. The van der Waals surface area contributed by atoms with Crippen molar-refractivity contribution in [2.24, 2.45) is 10.9 Å². The van der Waals surface area contributed by atoms with Crippen LogP contribution in [-0.4, -0.2) is 56.7 Å². The molecule has 7 heteroatoms. The SMILES string of the molecule is CCNC(=NCCCOc1ccc(F)cc1)N1CCC(C(=O)OC)CC1. The number of esters is 1. The number of guanidine groups is 1. The first-order chi connectivity index (χ1) is 12.6. The van der Waals surface area contributed by atoms with E-state index in [1.54, 1.807) is 12.1 Å². The van der Waals surface area contributed by atoms with E-state index in [-0.39, 0.29) is 17.7 Å². The lowest BCUT2D eigenvalue weighted by Gasteiger charge is -2.33. The van der Waals surface area contributed by atoms with Crippen LogP contribution in [0.2, 0.25) is 0 Å². The van der Waals surface area contributed by atoms with E-state index in [1.807, 2.05) is 6.92 Å². The third-order valence-electron chi connectivity index (χ3n) is 4.31. The van der Waals surface area contributed by atoms with E-state index in [0.29, 0.717) is 18.9 Å². The maximum atomic E-state index is 12.8. The van der Waals surface area contributed by atoms with Gasteiger partial charge in [0, 0.05) is 32.6 Å². The second kappa shape index (κ2) is 10.6. The number of aliphatic imine (C=N–C) groups is 1. The molecule has 1 saturated heterocycles. The zero-order chi connectivity index (χ0) is 18.8. The molecule has 0 amide bonds. The van der Waals surface area contributed by atoms with Crippen LogP contribution in [0.4, 0.5) is 4.39 Å². The Morgan fingerprint density at radius 1 is 1.31 bits per heavy atom. The summed E-state index contributed by atoms with van der Waals surface area (Å²) in [7, 11) is 1.44. The van der Waals surface area contributed by atoms with Crippen LogP contribution in [0.3, 0.4) is 0 Å². The Hall–Kier alpha value is -2.31. The number of methoxy groups -OCH3 is 1. The Bertz CT molecular complexity index is 584. The average molecular weight is 365 g/mol. The summed E-state index contributed by atoms with van der Waals surface area (Å²) in [6.07, 6.45) is 2.33. The number of likely N-dealkylation sites (tertiary alicyclic amines) is 1. The molecule has 0 aliphatic carbocycles. The van der Waals surface area contributed by atoms with Gasteiger partial charge in [0.15, 0.2) is 5.96 Å². The summed E-state index contributed by atoms with van der Waals surface area (Å²) in [5.74, 6) is 1.13. The molecule has 6 nitrogen and oxygen atoms in total. The number of benzene rings is 1. The van der Waals surface area contributed by atoms with Gasteiger partial charge < -0.3 is 19.7 Å². The van der Waals surface area contributed by atoms with Gasteiger partial charge >= 0.3 is 5.97 Å². The predicted molar refractivity (Wildman–Crippen MR) is 98.8 cm³/mol. The van der Waals surface area contributed by atoms with Gasteiger partial charge in [0.2, 0.25) is 0 Å². The molecule has 1 aromatic carbocycles. The molecule has 0 saturated carbocycles. The van der Waals surface area contributed by atoms with Crippen molar-refractivity contribution >= 4 is 11.9 Å². The number of rotatable bonds is 7. The minimum atomic E-state index is -0.270. The van der Waals surface area contributed by atoms with Gasteiger partial charge in [-0.3, -0.25) is 9.79 Å². The third-order valence-corrected chi connectivity index (χ3v) is 4.31. The van der Waals surface area contributed by atoms with Crippen molar-refractivity contribution in [3.8, 4) is 5.75 Å². The van der Waals surface area contributed by atoms with Crippen LogP contribution in [0.1, 0.15) is 26.2 Å². The number of carbonyl (C=O) groups excluding carboxylic acids is 1. The fraction of sp³-hybridized carbons (Fsp3) is 0.579. The van der Waals surface area contributed by atoms with E-state index >= 15 is 0 Å². The van der Waals surface area contributed by atoms with E-state index in [2.05, 4.69) is 15.2 Å². The zero-order valence-electron chi connectivity index (χ0n) is 15.5. The number of ether oxygens (including phenoxy) is 2. The molecule has 0 aromatic heterocycles. The smallest absolute Gasteiger partial charge is 0.308 e. The summed E-state index contributed by atoms with van der Waals surface area (Å²) in [6, 6.07) is 6.01. The summed E-state index contributed by atoms with van der Waals surface area (Å²) in [5.41, 5.74) is 0. The number of nitrogens with one attached hydrogen (secondary N) is 1. The number of hydrogen-bond acceptors (Lipinski definition) is 4. The molecule has 0 bridgehead atoms. The van der Waals surface area contributed by atoms with E-state index < -0.39 is 0 Å². The maximum absolute atomic E-state index is 12.8. The quantitative estimate of drug-likeness (QED) is 0.348. The molecule has 1 heterocycles. The molecular weight excluding hydrogens is 337 g/mol. The highest BCUT2D eigenvalue weighted by Crippen LogP contribution is 2.18. The molecule has 0 radical (unpaired) electrons. The lowest BCUT2D eigenvalue weighted by Crippen LogP contribution is -2.46. The highest BCUT2D eigenvalue weighted by atomic mass is 19.1. The first-order valence-electron chi connectivity index (χ1n) is 9.13. The van der Waals surface area contributed by atoms with Crippen LogP contribution in [0, 0.1) is 11.7 Å². The molecular formula is C19H28FN3O3. The maximum Gasteiger partial charge on any atom is 0.308 e. The molecule has 1 fully saturated rings. The molecule has 1 N–H and O–H groups in total. The lowest BCUT2D eigenvalue weighted by molar-refractivity contribution is -0.146. The van der Waals surface area contributed by atoms with Gasteiger partial charge in [-0.25, -0.2) is 4.39 Å². The van der Waals surface area contributed by atoms with Gasteiger partial charge in [-0.1, -0.05) is 0 Å². The van der Waals surface area contributed by atoms with Crippen molar-refractivity contribution in [3.05, 3.63) is 30.1 Å². The Morgan fingerprint density at radius 2 is 2.00 bits per heavy atom. The van der Waals surface area contributed by atoms with Crippen LogP contribution in [0.5, 0.6) is 5.75 Å². The first-order valence-corrected chi connectivity index (χ1v) is 9.13. The van der Waals surface area contributed by atoms with Gasteiger partial charge in [-0.2, -0.15) is 0 Å². The molecule has 0 atom stereocenters. The first kappa shape index (κ1) is 20.0. The monoisotopic (exact) mass is 365 g/mol. The van der Waals surface area contributed by atoms with Gasteiger partial charge in [0.05, 0.1) is 19.6 Å². The molecule has 1 aromatic rings. The van der Waals surface area contributed by atoms with Gasteiger partial charge in [0.1, 0.15) is 11.6 Å². The van der Waals surface area contributed by atoms with Crippen molar-refractivity contribution < 1.29 is 18.7 Å². The standard InChI is InChI=1S/C19H28FN3O3/c1-3-21-19(23-12-9-15(10-13-23)18(24)25-2)22-11-4-14-26-17-7-5-16(20)6-8-17/h5-8,15H,3-4,9-14H2,1-2H3,(H,21,22). The fourth-order valence-corrected chi connectivity index (χ4v) is 2.89. The summed E-state index contributed by atoms with van der Waals surface area (Å²) in [6.45, 7) is 5.57. The lowest BCUT2D eigenvalue weighted by atomic mass is 9.97. The number of piperidine rings is 1.